The Morgan fingerprint density at radius 2 is 2.00 bits per heavy atom. The first-order chi connectivity index (χ1) is 9.34. The van der Waals surface area contributed by atoms with Crippen LogP contribution in [0.15, 0.2) is 35.6 Å². The van der Waals surface area contributed by atoms with E-state index in [-0.39, 0.29) is 0 Å². The molecule has 3 rings (SSSR count). The quantitative estimate of drug-likeness (QED) is 0.831. The lowest BCUT2D eigenvalue weighted by atomic mass is 9.96. The van der Waals surface area contributed by atoms with Crippen LogP contribution in [0.1, 0.15) is 37.7 Å². The highest BCUT2D eigenvalue weighted by atomic mass is 16.3. The summed E-state index contributed by atoms with van der Waals surface area (Å²) in [5.74, 6) is 0.305. The molecule has 1 saturated carbocycles. The first-order valence-electron chi connectivity index (χ1n) is 6.93. The van der Waals surface area contributed by atoms with Crippen LogP contribution in [0.3, 0.4) is 0 Å². The summed E-state index contributed by atoms with van der Waals surface area (Å²) < 4.78 is 0. The van der Waals surface area contributed by atoms with E-state index in [0.29, 0.717) is 11.8 Å². The average Bonchev–Trinajstić information content (AvgIpc) is 2.48. The predicted molar refractivity (Wildman–Crippen MR) is 77.9 cm³/mol. The number of phenols is 1. The van der Waals surface area contributed by atoms with Gasteiger partial charge in [-0.2, -0.15) is 0 Å². The van der Waals surface area contributed by atoms with E-state index in [1.54, 1.807) is 12.4 Å². The lowest BCUT2D eigenvalue weighted by Crippen LogP contribution is -2.09. The monoisotopic (exact) mass is 254 g/mol. The van der Waals surface area contributed by atoms with E-state index in [4.69, 9.17) is 0 Å². The van der Waals surface area contributed by atoms with E-state index >= 15 is 0 Å². The lowest BCUT2D eigenvalue weighted by molar-refractivity contribution is 0.444. The van der Waals surface area contributed by atoms with Crippen LogP contribution in [-0.2, 0) is 0 Å². The van der Waals surface area contributed by atoms with Crippen molar-refractivity contribution in [1.82, 2.24) is 4.98 Å². The Morgan fingerprint density at radius 3 is 2.84 bits per heavy atom. The third kappa shape index (κ3) is 2.60. The Kier molecular flexibility index (Phi) is 3.45. The number of hydrogen-bond donors (Lipinski definition) is 1. The smallest absolute Gasteiger partial charge is 0.132 e. The van der Waals surface area contributed by atoms with Crippen molar-refractivity contribution in [3.63, 3.8) is 0 Å². The summed E-state index contributed by atoms with van der Waals surface area (Å²) in [6.45, 7) is 0. The van der Waals surface area contributed by atoms with Crippen molar-refractivity contribution >= 4 is 17.0 Å². The molecule has 1 aromatic carbocycles. The Hall–Kier alpha value is -1.90. The highest BCUT2D eigenvalue weighted by Crippen LogP contribution is 2.27. The molecule has 0 radical (unpaired) electrons. The maximum atomic E-state index is 10.3. The van der Waals surface area contributed by atoms with E-state index in [1.807, 2.05) is 24.4 Å². The molecule has 3 nitrogen and oxygen atoms in total. The summed E-state index contributed by atoms with van der Waals surface area (Å²) in [6, 6.07) is 6.15. The van der Waals surface area contributed by atoms with Crippen molar-refractivity contribution in [2.45, 2.75) is 38.1 Å². The van der Waals surface area contributed by atoms with E-state index < -0.39 is 0 Å². The van der Waals surface area contributed by atoms with Gasteiger partial charge in [-0.25, -0.2) is 0 Å². The summed E-state index contributed by atoms with van der Waals surface area (Å²) in [6.07, 6.45) is 11.5. The minimum Gasteiger partial charge on any atom is -0.507 e. The van der Waals surface area contributed by atoms with Gasteiger partial charge in [-0.1, -0.05) is 25.3 Å². The second kappa shape index (κ2) is 5.39. The van der Waals surface area contributed by atoms with E-state index in [2.05, 4.69) is 9.98 Å². The van der Waals surface area contributed by atoms with Crippen molar-refractivity contribution in [1.29, 1.82) is 0 Å². The van der Waals surface area contributed by atoms with Crippen LogP contribution in [0, 0.1) is 0 Å². The SMILES string of the molecule is Oc1c(C=NC2CCCCC2)ccc2cnccc12. The van der Waals surface area contributed by atoms with Crippen LogP contribution in [0.2, 0.25) is 0 Å². The highest BCUT2D eigenvalue weighted by molar-refractivity contribution is 5.96. The van der Waals surface area contributed by atoms with Gasteiger partial charge < -0.3 is 5.11 Å². The summed E-state index contributed by atoms with van der Waals surface area (Å²) in [7, 11) is 0. The molecule has 0 unspecified atom stereocenters. The number of aliphatic imine (C=N–C) groups is 1. The van der Waals surface area contributed by atoms with Crippen molar-refractivity contribution < 1.29 is 5.11 Å². The molecule has 1 N–H and O–H groups in total. The van der Waals surface area contributed by atoms with Gasteiger partial charge in [0.05, 0.1) is 0 Å². The molecule has 1 fully saturated rings. The second-order valence-electron chi connectivity index (χ2n) is 5.17. The molecule has 0 spiro atoms. The van der Waals surface area contributed by atoms with Gasteiger partial charge in [0.2, 0.25) is 0 Å². The fourth-order valence-electron chi connectivity index (χ4n) is 2.69. The van der Waals surface area contributed by atoms with Crippen LogP contribution < -0.4 is 0 Å². The maximum absolute atomic E-state index is 10.3. The predicted octanol–water partition coefficient (Wildman–Crippen LogP) is 3.69. The third-order valence-corrected chi connectivity index (χ3v) is 3.82. The summed E-state index contributed by atoms with van der Waals surface area (Å²) in [4.78, 5) is 8.68. The molecule has 1 aromatic heterocycles. The fourth-order valence-corrected chi connectivity index (χ4v) is 2.69. The number of aromatic hydroxyl groups is 1. The topological polar surface area (TPSA) is 45.5 Å². The number of aromatic nitrogens is 1. The molecular weight excluding hydrogens is 236 g/mol. The molecule has 0 amide bonds. The number of rotatable bonds is 2. The van der Waals surface area contributed by atoms with E-state index in [9.17, 15) is 5.11 Å². The second-order valence-corrected chi connectivity index (χ2v) is 5.17. The minimum absolute atomic E-state index is 0.305. The summed E-state index contributed by atoms with van der Waals surface area (Å²) in [5, 5.41) is 12.0. The van der Waals surface area contributed by atoms with E-state index in [0.717, 1.165) is 16.3 Å². The van der Waals surface area contributed by atoms with Gasteiger partial charge in [-0.3, -0.25) is 9.98 Å². The maximum Gasteiger partial charge on any atom is 0.132 e. The largest absolute Gasteiger partial charge is 0.507 e. The first kappa shape index (κ1) is 12.2. The van der Waals surface area contributed by atoms with Gasteiger partial charge in [-0.15, -0.1) is 0 Å². The molecule has 0 bridgehead atoms. The summed E-state index contributed by atoms with van der Waals surface area (Å²) >= 11 is 0. The molecule has 1 aliphatic rings. The standard InChI is InChI=1S/C16H18N2O/c19-16-13(11-18-14-4-2-1-3-5-14)7-6-12-10-17-9-8-15(12)16/h6-11,14,19H,1-5H2. The number of nitrogens with zero attached hydrogens (tertiary/aromatic N) is 2. The number of fused-ring (bicyclic) bond motifs is 1. The van der Waals surface area contributed by atoms with Crippen LogP contribution in [0.5, 0.6) is 5.75 Å². The molecule has 1 aliphatic carbocycles. The molecule has 2 aromatic rings. The highest BCUT2D eigenvalue weighted by Gasteiger charge is 2.11. The van der Waals surface area contributed by atoms with Crippen LogP contribution in [0.25, 0.3) is 10.8 Å². The Bertz CT molecular complexity index is 601. The van der Waals surface area contributed by atoms with Crippen molar-refractivity contribution in [2.75, 3.05) is 0 Å². The molecule has 19 heavy (non-hydrogen) atoms. The van der Waals surface area contributed by atoms with Crippen molar-refractivity contribution in [3.8, 4) is 5.75 Å². The zero-order chi connectivity index (χ0) is 13.1. The first-order valence-corrected chi connectivity index (χ1v) is 6.93. The van der Waals surface area contributed by atoms with E-state index in [1.165, 1.54) is 32.1 Å². The molecule has 0 atom stereocenters. The van der Waals surface area contributed by atoms with Gasteiger partial charge in [0.15, 0.2) is 0 Å². The van der Waals surface area contributed by atoms with Crippen LogP contribution >= 0.6 is 0 Å². The zero-order valence-corrected chi connectivity index (χ0v) is 10.9. The normalized spacial score (nSPS) is 17.3. The number of pyridine rings is 1. The minimum atomic E-state index is 0.305. The van der Waals surface area contributed by atoms with Crippen LogP contribution in [-0.4, -0.2) is 22.3 Å². The summed E-state index contributed by atoms with van der Waals surface area (Å²) in [5.41, 5.74) is 0.796. The number of hydrogen-bond acceptors (Lipinski definition) is 3. The molecule has 1 heterocycles. The van der Waals surface area contributed by atoms with Gasteiger partial charge >= 0.3 is 0 Å². The Balaban J connectivity index is 1.88. The van der Waals surface area contributed by atoms with Crippen molar-refractivity contribution in [3.05, 3.63) is 36.2 Å². The molecule has 98 valence electrons. The van der Waals surface area contributed by atoms with Gasteiger partial charge in [0.1, 0.15) is 5.75 Å². The third-order valence-electron chi connectivity index (χ3n) is 3.82. The molecule has 0 aliphatic heterocycles. The molecule has 3 heteroatoms. The Labute approximate surface area is 113 Å². The fraction of sp³-hybridized carbons (Fsp3) is 0.375. The average molecular weight is 254 g/mol. The van der Waals surface area contributed by atoms with Gasteiger partial charge in [0.25, 0.3) is 0 Å². The molecular formula is C16H18N2O. The number of benzene rings is 1. The molecule has 0 saturated heterocycles. The van der Waals surface area contributed by atoms with Crippen molar-refractivity contribution in [2.24, 2.45) is 4.99 Å². The van der Waals surface area contributed by atoms with Gasteiger partial charge in [-0.05, 0) is 25.0 Å². The van der Waals surface area contributed by atoms with Gasteiger partial charge in [0, 0.05) is 41.0 Å². The number of phenolic OH excluding ortho intramolecular Hbond substituents is 1. The lowest BCUT2D eigenvalue weighted by Gasteiger charge is -2.17. The zero-order valence-electron chi connectivity index (χ0n) is 10.9. The van der Waals surface area contributed by atoms with Crippen LogP contribution in [0.4, 0.5) is 0 Å². The Morgan fingerprint density at radius 1 is 1.16 bits per heavy atom.